The summed E-state index contributed by atoms with van der Waals surface area (Å²) in [6.07, 6.45) is 4.60. The number of rotatable bonds is 5. The van der Waals surface area contributed by atoms with Crippen molar-refractivity contribution in [3.63, 3.8) is 0 Å². The number of carbonyl (C=O) groups excluding carboxylic acids is 1. The second-order valence-corrected chi connectivity index (χ2v) is 8.82. The highest BCUT2D eigenvalue weighted by Crippen LogP contribution is 2.42. The predicted molar refractivity (Wildman–Crippen MR) is 103 cm³/mol. The quantitative estimate of drug-likeness (QED) is 0.866. The van der Waals surface area contributed by atoms with Crippen molar-refractivity contribution in [1.29, 1.82) is 0 Å². The molecule has 1 amide bonds. The van der Waals surface area contributed by atoms with Gasteiger partial charge in [0.05, 0.1) is 6.61 Å². The number of hydrogen-bond acceptors (Lipinski definition) is 4. The van der Waals surface area contributed by atoms with Gasteiger partial charge in [-0.15, -0.1) is 0 Å². The molecule has 4 aliphatic rings. The molecule has 3 aliphatic heterocycles. The number of fused-ring (bicyclic) bond motifs is 1. The molecule has 0 unspecified atom stereocenters. The normalized spacial score (nSPS) is 28.4. The topological polar surface area (TPSA) is 50.8 Å². The van der Waals surface area contributed by atoms with Crippen LogP contribution in [0.1, 0.15) is 47.5 Å². The highest BCUT2D eigenvalue weighted by Gasteiger charge is 2.38. The van der Waals surface area contributed by atoms with Crippen molar-refractivity contribution >= 4 is 5.91 Å². The average molecular weight is 370 g/mol. The van der Waals surface area contributed by atoms with E-state index in [4.69, 9.17) is 9.47 Å². The summed E-state index contributed by atoms with van der Waals surface area (Å²) in [5.74, 6) is 3.49. The first-order valence-corrected chi connectivity index (χ1v) is 10.6. The lowest BCUT2D eigenvalue weighted by Gasteiger charge is -2.23. The number of nitrogens with zero attached hydrogens (tertiary/aromatic N) is 1. The van der Waals surface area contributed by atoms with Gasteiger partial charge in [-0.1, -0.05) is 0 Å². The third kappa shape index (κ3) is 3.85. The Morgan fingerprint density at radius 2 is 1.81 bits per heavy atom. The monoisotopic (exact) mass is 370 g/mol. The Morgan fingerprint density at radius 3 is 2.52 bits per heavy atom. The minimum absolute atomic E-state index is 0.183. The number of carbonyl (C=O) groups is 1. The van der Waals surface area contributed by atoms with Gasteiger partial charge < -0.3 is 19.7 Å². The average Bonchev–Trinajstić information content (AvgIpc) is 3.34. The lowest BCUT2D eigenvalue weighted by atomic mass is 10.0. The minimum atomic E-state index is 0.183. The molecular weight excluding hydrogens is 340 g/mol. The molecule has 1 aromatic carbocycles. The first-order chi connectivity index (χ1) is 13.3. The zero-order valence-electron chi connectivity index (χ0n) is 16.0. The highest BCUT2D eigenvalue weighted by atomic mass is 16.5. The van der Waals surface area contributed by atoms with Crippen LogP contribution in [0.5, 0.6) is 5.75 Å². The molecule has 1 N–H and O–H groups in total. The van der Waals surface area contributed by atoms with Gasteiger partial charge in [0, 0.05) is 45.0 Å². The van der Waals surface area contributed by atoms with Crippen LogP contribution in [-0.4, -0.2) is 56.8 Å². The zero-order valence-corrected chi connectivity index (χ0v) is 16.0. The van der Waals surface area contributed by atoms with Gasteiger partial charge in [0.15, 0.2) is 0 Å². The van der Waals surface area contributed by atoms with Gasteiger partial charge in [-0.05, 0) is 73.1 Å². The largest absolute Gasteiger partial charge is 0.493 e. The van der Waals surface area contributed by atoms with Crippen LogP contribution in [0.25, 0.3) is 0 Å². The smallest absolute Gasteiger partial charge is 0.254 e. The van der Waals surface area contributed by atoms with Crippen LogP contribution in [0.15, 0.2) is 18.2 Å². The Kier molecular flexibility index (Phi) is 4.82. The number of amides is 1. The van der Waals surface area contributed by atoms with E-state index in [1.807, 2.05) is 6.07 Å². The van der Waals surface area contributed by atoms with Crippen molar-refractivity contribution < 1.29 is 14.3 Å². The van der Waals surface area contributed by atoms with Crippen LogP contribution in [0.3, 0.4) is 0 Å². The molecule has 5 rings (SSSR count). The summed E-state index contributed by atoms with van der Waals surface area (Å²) in [5.41, 5.74) is 2.10. The predicted octanol–water partition coefficient (Wildman–Crippen LogP) is 2.66. The molecule has 3 heterocycles. The number of likely N-dealkylation sites (tertiary alicyclic amines) is 1. The molecule has 3 saturated heterocycles. The first-order valence-electron chi connectivity index (χ1n) is 10.6. The molecule has 5 heteroatoms. The Hall–Kier alpha value is -1.59. The van der Waals surface area contributed by atoms with Crippen LogP contribution < -0.4 is 10.1 Å². The third-order valence-electron chi connectivity index (χ3n) is 6.73. The Bertz CT molecular complexity index is 685. The Morgan fingerprint density at radius 1 is 1.07 bits per heavy atom. The molecular formula is C22H30N2O3. The van der Waals surface area contributed by atoms with E-state index in [0.717, 1.165) is 70.2 Å². The van der Waals surface area contributed by atoms with Crippen molar-refractivity contribution in [3.05, 3.63) is 29.3 Å². The SMILES string of the molecule is O=C(c1cc(OCC2CCOCC2)cc(C2CC2)c1)N1C[C@@H]2CNC[C@H]2C1. The first kappa shape index (κ1) is 17.5. The number of hydrogen-bond donors (Lipinski definition) is 1. The molecule has 1 aliphatic carbocycles. The van der Waals surface area contributed by atoms with E-state index in [1.54, 1.807) is 0 Å². The van der Waals surface area contributed by atoms with E-state index in [2.05, 4.69) is 22.3 Å². The molecule has 1 aromatic rings. The minimum Gasteiger partial charge on any atom is -0.493 e. The van der Waals surface area contributed by atoms with E-state index < -0.39 is 0 Å². The third-order valence-corrected chi connectivity index (χ3v) is 6.73. The van der Waals surface area contributed by atoms with E-state index in [0.29, 0.717) is 23.7 Å². The lowest BCUT2D eigenvalue weighted by Crippen LogP contribution is -2.32. The molecule has 0 aromatic heterocycles. The molecule has 27 heavy (non-hydrogen) atoms. The maximum Gasteiger partial charge on any atom is 0.254 e. The number of benzene rings is 1. The van der Waals surface area contributed by atoms with Gasteiger partial charge >= 0.3 is 0 Å². The summed E-state index contributed by atoms with van der Waals surface area (Å²) in [5, 5.41) is 3.45. The fraction of sp³-hybridized carbons (Fsp3) is 0.682. The molecule has 0 radical (unpaired) electrons. The van der Waals surface area contributed by atoms with Crippen LogP contribution in [0.4, 0.5) is 0 Å². The maximum absolute atomic E-state index is 13.2. The summed E-state index contributed by atoms with van der Waals surface area (Å²) in [6, 6.07) is 6.25. The van der Waals surface area contributed by atoms with Gasteiger partial charge in [-0.25, -0.2) is 0 Å². The molecule has 0 bridgehead atoms. The van der Waals surface area contributed by atoms with Crippen LogP contribution in [-0.2, 0) is 4.74 Å². The maximum atomic E-state index is 13.2. The van der Waals surface area contributed by atoms with E-state index in [-0.39, 0.29) is 5.91 Å². The van der Waals surface area contributed by atoms with Crippen molar-refractivity contribution in [1.82, 2.24) is 10.2 Å². The summed E-state index contributed by atoms with van der Waals surface area (Å²) < 4.78 is 11.6. The van der Waals surface area contributed by atoms with Gasteiger partial charge in [-0.3, -0.25) is 4.79 Å². The summed E-state index contributed by atoms with van der Waals surface area (Å²) in [4.78, 5) is 15.2. The molecule has 1 saturated carbocycles. The van der Waals surface area contributed by atoms with Gasteiger partial charge in [0.2, 0.25) is 0 Å². The number of nitrogens with one attached hydrogen (secondary N) is 1. The molecule has 2 atom stereocenters. The van der Waals surface area contributed by atoms with Crippen LogP contribution in [0.2, 0.25) is 0 Å². The van der Waals surface area contributed by atoms with Crippen molar-refractivity contribution in [2.75, 3.05) is 46.0 Å². The van der Waals surface area contributed by atoms with Gasteiger partial charge in [0.1, 0.15) is 5.75 Å². The summed E-state index contributed by atoms with van der Waals surface area (Å²) in [6.45, 7) is 6.29. The molecule has 0 spiro atoms. The molecule has 5 nitrogen and oxygen atoms in total. The Balaban J connectivity index is 1.30. The van der Waals surface area contributed by atoms with Crippen molar-refractivity contribution in [3.8, 4) is 5.75 Å². The van der Waals surface area contributed by atoms with E-state index >= 15 is 0 Å². The number of ether oxygens (including phenoxy) is 2. The standard InChI is InChI=1S/C22H30N2O3/c25-22(24-12-19-10-23-11-20(19)13-24)18-7-17(16-1-2-16)8-21(9-18)27-14-15-3-5-26-6-4-15/h7-9,15-16,19-20,23H,1-6,10-14H2/t19-,20-/m0/s1. The zero-order chi connectivity index (χ0) is 18.2. The van der Waals surface area contributed by atoms with E-state index in [9.17, 15) is 4.79 Å². The van der Waals surface area contributed by atoms with Gasteiger partial charge in [-0.2, -0.15) is 0 Å². The molecule has 4 fully saturated rings. The van der Waals surface area contributed by atoms with Gasteiger partial charge in [0.25, 0.3) is 5.91 Å². The summed E-state index contributed by atoms with van der Waals surface area (Å²) >= 11 is 0. The van der Waals surface area contributed by atoms with Crippen LogP contribution >= 0.6 is 0 Å². The Labute approximate surface area is 161 Å². The second kappa shape index (κ2) is 7.44. The van der Waals surface area contributed by atoms with Crippen molar-refractivity contribution in [2.45, 2.75) is 31.6 Å². The lowest BCUT2D eigenvalue weighted by molar-refractivity contribution is 0.0497. The van der Waals surface area contributed by atoms with E-state index in [1.165, 1.54) is 18.4 Å². The molecule has 146 valence electrons. The summed E-state index contributed by atoms with van der Waals surface area (Å²) in [7, 11) is 0. The fourth-order valence-corrected chi connectivity index (χ4v) is 4.81. The second-order valence-electron chi connectivity index (χ2n) is 8.82. The highest BCUT2D eigenvalue weighted by molar-refractivity contribution is 5.95. The fourth-order valence-electron chi connectivity index (χ4n) is 4.81. The van der Waals surface area contributed by atoms with Crippen molar-refractivity contribution in [2.24, 2.45) is 17.8 Å². The van der Waals surface area contributed by atoms with Crippen LogP contribution in [0, 0.1) is 17.8 Å².